The quantitative estimate of drug-likeness (QED) is 0.547. The molecule has 1 aliphatic rings. The molecule has 144 valence electrons. The fourth-order valence-corrected chi connectivity index (χ4v) is 4.95. The molecule has 5 rings (SSSR count). The zero-order chi connectivity index (χ0) is 19.1. The molecule has 4 aromatic rings. The van der Waals surface area contributed by atoms with Crippen LogP contribution in [0.2, 0.25) is 0 Å². The Kier molecular flexibility index (Phi) is 4.58. The lowest BCUT2D eigenvalue weighted by Crippen LogP contribution is -2.30. The molecule has 28 heavy (non-hydrogen) atoms. The van der Waals surface area contributed by atoms with Crippen LogP contribution in [0.4, 0.5) is 10.9 Å². The van der Waals surface area contributed by atoms with Crippen LogP contribution in [-0.4, -0.2) is 43.0 Å². The topological polar surface area (TPSA) is 71.8 Å². The molecule has 0 saturated heterocycles. The first-order chi connectivity index (χ1) is 13.7. The molecule has 3 aromatic heterocycles. The van der Waals surface area contributed by atoms with Crippen molar-refractivity contribution in [2.24, 2.45) is 0 Å². The summed E-state index contributed by atoms with van der Waals surface area (Å²) in [5.74, 6) is 0.849. The Bertz CT molecular complexity index is 1090. The fourth-order valence-electron chi connectivity index (χ4n) is 3.69. The third kappa shape index (κ3) is 3.41. The van der Waals surface area contributed by atoms with Crippen LogP contribution in [0, 0.1) is 6.92 Å². The Balaban J connectivity index is 1.29. The van der Waals surface area contributed by atoms with Gasteiger partial charge in [-0.15, -0.1) is 21.5 Å². The van der Waals surface area contributed by atoms with Gasteiger partial charge in [-0.1, -0.05) is 17.4 Å². The molecular formula is C19H21N7S2. The van der Waals surface area contributed by atoms with Crippen molar-refractivity contribution in [2.75, 3.05) is 18.4 Å². The molecular weight excluding hydrogens is 390 g/mol. The van der Waals surface area contributed by atoms with Crippen molar-refractivity contribution in [1.29, 1.82) is 0 Å². The normalized spacial score (nSPS) is 16.1. The van der Waals surface area contributed by atoms with E-state index in [-0.39, 0.29) is 0 Å². The monoisotopic (exact) mass is 411 g/mol. The first kappa shape index (κ1) is 17.7. The number of aryl methyl sites for hydroxylation is 1. The highest BCUT2D eigenvalue weighted by atomic mass is 32.1. The van der Waals surface area contributed by atoms with Crippen LogP contribution in [0.3, 0.4) is 0 Å². The molecule has 0 bridgehead atoms. The highest BCUT2D eigenvalue weighted by Crippen LogP contribution is 2.27. The SMILES string of the molecule is Cc1nnc(Nc2cc3n(n2)CCN(C(C)c2ccc4scnc4c2)CC3)s1. The Morgan fingerprint density at radius 1 is 1.14 bits per heavy atom. The molecule has 0 radical (unpaired) electrons. The van der Waals surface area contributed by atoms with E-state index in [9.17, 15) is 0 Å². The van der Waals surface area contributed by atoms with E-state index in [2.05, 4.69) is 61.3 Å². The molecule has 0 fully saturated rings. The van der Waals surface area contributed by atoms with Crippen LogP contribution in [0.5, 0.6) is 0 Å². The number of rotatable bonds is 4. The summed E-state index contributed by atoms with van der Waals surface area (Å²) in [4.78, 5) is 7.00. The molecule has 1 aromatic carbocycles. The van der Waals surface area contributed by atoms with Crippen LogP contribution in [0.25, 0.3) is 10.2 Å². The van der Waals surface area contributed by atoms with Gasteiger partial charge in [-0.05, 0) is 31.5 Å². The minimum atomic E-state index is 0.359. The number of nitrogens with zero attached hydrogens (tertiary/aromatic N) is 6. The van der Waals surface area contributed by atoms with Gasteiger partial charge < -0.3 is 5.32 Å². The zero-order valence-electron chi connectivity index (χ0n) is 15.8. The van der Waals surface area contributed by atoms with Gasteiger partial charge in [0.1, 0.15) is 5.01 Å². The van der Waals surface area contributed by atoms with E-state index in [1.807, 2.05) is 12.4 Å². The predicted octanol–water partition coefficient (Wildman–Crippen LogP) is 4.02. The van der Waals surface area contributed by atoms with E-state index in [0.29, 0.717) is 6.04 Å². The number of anilines is 2. The number of aromatic nitrogens is 5. The second-order valence-corrected chi connectivity index (χ2v) is 9.10. The van der Waals surface area contributed by atoms with E-state index in [1.54, 1.807) is 22.7 Å². The Hall–Kier alpha value is -2.36. The molecule has 7 nitrogen and oxygen atoms in total. The summed E-state index contributed by atoms with van der Waals surface area (Å²) in [6, 6.07) is 9.14. The van der Waals surface area contributed by atoms with Crippen molar-refractivity contribution in [3.05, 3.63) is 46.0 Å². The minimum Gasteiger partial charge on any atom is -0.313 e. The molecule has 0 amide bonds. The Morgan fingerprint density at radius 2 is 2.07 bits per heavy atom. The highest BCUT2D eigenvalue weighted by molar-refractivity contribution is 7.16. The van der Waals surface area contributed by atoms with Gasteiger partial charge in [0.2, 0.25) is 5.13 Å². The van der Waals surface area contributed by atoms with E-state index >= 15 is 0 Å². The summed E-state index contributed by atoms with van der Waals surface area (Å²) in [6.45, 7) is 7.11. The van der Waals surface area contributed by atoms with Crippen LogP contribution >= 0.6 is 22.7 Å². The summed E-state index contributed by atoms with van der Waals surface area (Å²) in [5.41, 5.74) is 5.60. The zero-order valence-corrected chi connectivity index (χ0v) is 17.4. The van der Waals surface area contributed by atoms with Crippen molar-refractivity contribution in [3.63, 3.8) is 0 Å². The van der Waals surface area contributed by atoms with Crippen molar-refractivity contribution < 1.29 is 0 Å². The summed E-state index contributed by atoms with van der Waals surface area (Å²) in [5, 5.41) is 17.9. The third-order valence-corrected chi connectivity index (χ3v) is 6.83. The molecule has 0 spiro atoms. The van der Waals surface area contributed by atoms with Crippen LogP contribution < -0.4 is 5.32 Å². The molecule has 9 heteroatoms. The fraction of sp³-hybridized carbons (Fsp3) is 0.368. The summed E-state index contributed by atoms with van der Waals surface area (Å²) in [6.07, 6.45) is 0.979. The Morgan fingerprint density at radius 3 is 2.93 bits per heavy atom. The van der Waals surface area contributed by atoms with Gasteiger partial charge in [0, 0.05) is 37.3 Å². The summed E-state index contributed by atoms with van der Waals surface area (Å²) >= 11 is 3.23. The van der Waals surface area contributed by atoms with E-state index in [1.165, 1.54) is 16.0 Å². The molecule has 1 unspecified atom stereocenters. The smallest absolute Gasteiger partial charge is 0.211 e. The number of nitrogens with one attached hydrogen (secondary N) is 1. The second-order valence-electron chi connectivity index (χ2n) is 7.04. The molecule has 4 heterocycles. The number of benzene rings is 1. The number of hydrogen-bond donors (Lipinski definition) is 1. The molecule has 1 N–H and O–H groups in total. The molecule has 0 aliphatic carbocycles. The van der Waals surface area contributed by atoms with Crippen LogP contribution in [0.1, 0.15) is 29.2 Å². The molecule has 1 aliphatic heterocycles. The van der Waals surface area contributed by atoms with Gasteiger partial charge in [-0.3, -0.25) is 9.58 Å². The van der Waals surface area contributed by atoms with Gasteiger partial charge >= 0.3 is 0 Å². The molecule has 0 saturated carbocycles. The highest BCUT2D eigenvalue weighted by Gasteiger charge is 2.21. The largest absolute Gasteiger partial charge is 0.313 e. The van der Waals surface area contributed by atoms with Gasteiger partial charge in [0.15, 0.2) is 5.82 Å². The summed E-state index contributed by atoms with van der Waals surface area (Å²) < 4.78 is 3.37. The maximum Gasteiger partial charge on any atom is 0.211 e. The lowest BCUT2D eigenvalue weighted by Gasteiger charge is -2.27. The van der Waals surface area contributed by atoms with Crippen molar-refractivity contribution in [3.8, 4) is 0 Å². The van der Waals surface area contributed by atoms with Gasteiger partial charge in [-0.2, -0.15) is 5.10 Å². The maximum absolute atomic E-state index is 4.72. The number of fused-ring (bicyclic) bond motifs is 2. The maximum atomic E-state index is 4.72. The standard InChI is InChI=1S/C19H21N7S2/c1-12(14-3-4-17-16(9-14)20-11-27-17)25-6-5-15-10-18(24-26(15)8-7-25)21-19-23-22-13(2)28-19/h3-4,9-12H,5-8H2,1-2H3,(H,21,23,24). The number of hydrogen-bond acceptors (Lipinski definition) is 8. The third-order valence-electron chi connectivity index (χ3n) is 5.26. The van der Waals surface area contributed by atoms with Gasteiger partial charge in [0.25, 0.3) is 0 Å². The lowest BCUT2D eigenvalue weighted by molar-refractivity contribution is 0.214. The van der Waals surface area contributed by atoms with E-state index < -0.39 is 0 Å². The average molecular weight is 412 g/mol. The number of thiazole rings is 1. The minimum absolute atomic E-state index is 0.359. The summed E-state index contributed by atoms with van der Waals surface area (Å²) in [7, 11) is 0. The van der Waals surface area contributed by atoms with Crippen molar-refractivity contribution in [1.82, 2.24) is 29.9 Å². The van der Waals surface area contributed by atoms with E-state index in [0.717, 1.165) is 47.5 Å². The van der Waals surface area contributed by atoms with E-state index in [4.69, 9.17) is 5.10 Å². The second kappa shape index (κ2) is 7.23. The van der Waals surface area contributed by atoms with Crippen LogP contribution in [0.15, 0.2) is 29.8 Å². The Labute approximate surface area is 171 Å². The van der Waals surface area contributed by atoms with Crippen molar-refractivity contribution >= 4 is 43.8 Å². The predicted molar refractivity (Wildman–Crippen MR) is 113 cm³/mol. The van der Waals surface area contributed by atoms with Gasteiger partial charge in [0.05, 0.1) is 22.3 Å². The average Bonchev–Trinajstić information content (AvgIpc) is 3.39. The lowest BCUT2D eigenvalue weighted by atomic mass is 10.1. The van der Waals surface area contributed by atoms with Crippen molar-refractivity contribution in [2.45, 2.75) is 32.9 Å². The first-order valence-electron chi connectivity index (χ1n) is 9.37. The van der Waals surface area contributed by atoms with Gasteiger partial charge in [-0.25, -0.2) is 4.98 Å². The first-order valence-corrected chi connectivity index (χ1v) is 11.1. The molecule has 1 atom stereocenters. The van der Waals surface area contributed by atoms with Crippen LogP contribution in [-0.2, 0) is 13.0 Å².